The van der Waals surface area contributed by atoms with Crippen LogP contribution < -0.4 is 0 Å². The molecule has 5 nitrogen and oxygen atoms in total. The van der Waals surface area contributed by atoms with E-state index in [1.54, 1.807) is 0 Å². The topological polar surface area (TPSA) is 72.8 Å². The lowest BCUT2D eigenvalue weighted by molar-refractivity contribution is -0.161. The minimum absolute atomic E-state index is 0.0593. The second-order valence-corrected chi connectivity index (χ2v) is 9.84. The first-order valence-corrected chi connectivity index (χ1v) is 14.6. The molecule has 0 spiro atoms. The van der Waals surface area contributed by atoms with Gasteiger partial charge >= 0.3 is 11.9 Å². The highest BCUT2D eigenvalue weighted by Gasteiger charge is 2.16. The van der Waals surface area contributed by atoms with Gasteiger partial charge in [0, 0.05) is 12.8 Å². The monoisotopic (exact) mass is 484 g/mol. The van der Waals surface area contributed by atoms with Crippen LogP contribution in [0.15, 0.2) is 0 Å². The average Bonchev–Trinajstić information content (AvgIpc) is 2.84. The zero-order chi connectivity index (χ0) is 25.1. The number of ether oxygens (including phenoxy) is 2. The van der Waals surface area contributed by atoms with E-state index in [9.17, 15) is 14.7 Å². The fraction of sp³-hybridized carbons (Fsp3) is 0.931. The van der Waals surface area contributed by atoms with Crippen LogP contribution in [0.1, 0.15) is 155 Å². The number of aliphatic hydroxyl groups excluding tert-OH is 1. The number of hydrogen-bond donors (Lipinski definition) is 1. The van der Waals surface area contributed by atoms with Gasteiger partial charge in [0.15, 0.2) is 6.10 Å². The van der Waals surface area contributed by atoms with Gasteiger partial charge in [-0.3, -0.25) is 9.59 Å². The molecule has 0 aromatic heterocycles. The highest BCUT2D eigenvalue weighted by molar-refractivity contribution is 5.70. The Bertz CT molecular complexity index is 452. The van der Waals surface area contributed by atoms with E-state index in [2.05, 4.69) is 13.8 Å². The van der Waals surface area contributed by atoms with Gasteiger partial charge in [0.05, 0.1) is 6.61 Å². The van der Waals surface area contributed by atoms with Gasteiger partial charge in [-0.1, -0.05) is 129 Å². The first kappa shape index (κ1) is 32.9. The van der Waals surface area contributed by atoms with Crippen molar-refractivity contribution in [3.8, 4) is 0 Å². The molecule has 0 aliphatic carbocycles. The molecule has 0 aliphatic heterocycles. The van der Waals surface area contributed by atoms with E-state index in [-0.39, 0.29) is 25.2 Å². The lowest BCUT2D eigenvalue weighted by Crippen LogP contribution is -2.28. The molecule has 1 atom stereocenters. The van der Waals surface area contributed by atoms with Crippen molar-refractivity contribution in [3.63, 3.8) is 0 Å². The van der Waals surface area contributed by atoms with Crippen LogP contribution in [0.2, 0.25) is 0 Å². The van der Waals surface area contributed by atoms with Crippen LogP contribution in [0.4, 0.5) is 0 Å². The summed E-state index contributed by atoms with van der Waals surface area (Å²) in [6.07, 6.45) is 24.5. The molecule has 0 fully saturated rings. The Kier molecular flexibility index (Phi) is 25.6. The first-order valence-electron chi connectivity index (χ1n) is 14.6. The molecule has 5 heteroatoms. The molecule has 202 valence electrons. The van der Waals surface area contributed by atoms with Crippen molar-refractivity contribution in [1.82, 2.24) is 0 Å². The molecule has 1 N–H and O–H groups in total. The SMILES string of the molecule is CCCCCCCCCCCCCCCC(=O)OC(CO)COC(=O)CCCCCCCCC. The molecule has 0 radical (unpaired) electrons. The minimum atomic E-state index is -0.757. The Morgan fingerprint density at radius 3 is 1.29 bits per heavy atom. The van der Waals surface area contributed by atoms with Crippen LogP contribution in [0, 0.1) is 0 Å². The third kappa shape index (κ3) is 24.0. The Balaban J connectivity index is 3.56. The van der Waals surface area contributed by atoms with E-state index < -0.39 is 6.10 Å². The quantitative estimate of drug-likeness (QED) is 0.0992. The summed E-state index contributed by atoms with van der Waals surface area (Å²) >= 11 is 0. The van der Waals surface area contributed by atoms with Gasteiger partial charge in [-0.2, -0.15) is 0 Å². The van der Waals surface area contributed by atoms with Gasteiger partial charge in [0.2, 0.25) is 0 Å². The Morgan fingerprint density at radius 2 is 0.912 bits per heavy atom. The highest BCUT2D eigenvalue weighted by atomic mass is 16.6. The van der Waals surface area contributed by atoms with Crippen LogP contribution in [-0.4, -0.2) is 36.4 Å². The number of esters is 2. The summed E-state index contributed by atoms with van der Waals surface area (Å²) in [6, 6.07) is 0. The van der Waals surface area contributed by atoms with Crippen LogP contribution in [0.3, 0.4) is 0 Å². The smallest absolute Gasteiger partial charge is 0.306 e. The zero-order valence-corrected chi connectivity index (χ0v) is 22.6. The standard InChI is InChI=1S/C29H56O5/c1-3-5-7-9-11-12-13-14-15-16-18-20-22-24-29(32)34-27(25-30)26-33-28(31)23-21-19-17-10-8-6-4-2/h27,30H,3-26H2,1-2H3. The minimum Gasteiger partial charge on any atom is -0.462 e. The molecular formula is C29H56O5. The van der Waals surface area contributed by atoms with Crippen molar-refractivity contribution >= 4 is 11.9 Å². The van der Waals surface area contributed by atoms with E-state index >= 15 is 0 Å². The van der Waals surface area contributed by atoms with E-state index in [0.29, 0.717) is 12.8 Å². The maximum atomic E-state index is 12.0. The first-order chi connectivity index (χ1) is 16.6. The van der Waals surface area contributed by atoms with Gasteiger partial charge in [0.1, 0.15) is 6.61 Å². The summed E-state index contributed by atoms with van der Waals surface area (Å²) in [5.74, 6) is -0.593. The molecule has 0 bridgehead atoms. The summed E-state index contributed by atoms with van der Waals surface area (Å²) in [7, 11) is 0. The highest BCUT2D eigenvalue weighted by Crippen LogP contribution is 2.13. The molecule has 0 saturated carbocycles. The van der Waals surface area contributed by atoms with E-state index in [4.69, 9.17) is 9.47 Å². The van der Waals surface area contributed by atoms with Gasteiger partial charge in [-0.15, -0.1) is 0 Å². The van der Waals surface area contributed by atoms with Crippen LogP contribution in [-0.2, 0) is 19.1 Å². The average molecular weight is 485 g/mol. The molecule has 0 saturated heterocycles. The molecule has 0 amide bonds. The van der Waals surface area contributed by atoms with Crippen molar-refractivity contribution < 1.29 is 24.2 Å². The van der Waals surface area contributed by atoms with E-state index in [1.165, 1.54) is 89.9 Å². The normalized spacial score (nSPS) is 12.0. The molecule has 0 rings (SSSR count). The Hall–Kier alpha value is -1.10. The number of hydrogen-bond acceptors (Lipinski definition) is 5. The molecule has 1 unspecified atom stereocenters. The molecule has 0 aromatic rings. The summed E-state index contributed by atoms with van der Waals surface area (Å²) in [6.45, 7) is 4.07. The predicted octanol–water partition coefficient (Wildman–Crippen LogP) is 8.06. The predicted molar refractivity (Wildman–Crippen MR) is 141 cm³/mol. The summed E-state index contributed by atoms with van der Waals surface area (Å²) in [5, 5.41) is 9.42. The summed E-state index contributed by atoms with van der Waals surface area (Å²) in [5.41, 5.74) is 0. The Labute approximate surface area is 210 Å². The lowest BCUT2D eigenvalue weighted by Gasteiger charge is -2.15. The number of unbranched alkanes of at least 4 members (excludes halogenated alkanes) is 18. The van der Waals surface area contributed by atoms with Crippen molar-refractivity contribution in [2.45, 2.75) is 161 Å². The van der Waals surface area contributed by atoms with Crippen LogP contribution in [0.5, 0.6) is 0 Å². The summed E-state index contributed by atoms with van der Waals surface area (Å²) < 4.78 is 10.5. The maximum Gasteiger partial charge on any atom is 0.306 e. The molecule has 0 heterocycles. The fourth-order valence-electron chi connectivity index (χ4n) is 4.14. The number of carbonyl (C=O) groups is 2. The molecule has 0 aromatic carbocycles. The van der Waals surface area contributed by atoms with Gasteiger partial charge < -0.3 is 14.6 Å². The summed E-state index contributed by atoms with van der Waals surface area (Å²) in [4.78, 5) is 23.9. The van der Waals surface area contributed by atoms with Crippen LogP contribution >= 0.6 is 0 Å². The molecule has 0 aliphatic rings. The zero-order valence-electron chi connectivity index (χ0n) is 22.6. The van der Waals surface area contributed by atoms with Crippen LogP contribution in [0.25, 0.3) is 0 Å². The number of carbonyl (C=O) groups excluding carboxylic acids is 2. The molecular weight excluding hydrogens is 428 g/mol. The second-order valence-electron chi connectivity index (χ2n) is 9.84. The van der Waals surface area contributed by atoms with E-state index in [0.717, 1.165) is 38.5 Å². The lowest BCUT2D eigenvalue weighted by atomic mass is 10.0. The maximum absolute atomic E-state index is 12.0. The van der Waals surface area contributed by atoms with Gasteiger partial charge in [-0.05, 0) is 12.8 Å². The van der Waals surface area contributed by atoms with Crippen molar-refractivity contribution in [3.05, 3.63) is 0 Å². The number of rotatable bonds is 26. The molecule has 34 heavy (non-hydrogen) atoms. The second kappa shape index (κ2) is 26.5. The largest absolute Gasteiger partial charge is 0.462 e. The van der Waals surface area contributed by atoms with Gasteiger partial charge in [0.25, 0.3) is 0 Å². The fourth-order valence-corrected chi connectivity index (χ4v) is 4.14. The Morgan fingerprint density at radius 1 is 0.559 bits per heavy atom. The number of aliphatic hydroxyl groups is 1. The van der Waals surface area contributed by atoms with Crippen molar-refractivity contribution in [2.24, 2.45) is 0 Å². The van der Waals surface area contributed by atoms with Gasteiger partial charge in [-0.25, -0.2) is 0 Å². The third-order valence-corrected chi connectivity index (χ3v) is 6.40. The van der Waals surface area contributed by atoms with Crippen molar-refractivity contribution in [2.75, 3.05) is 13.2 Å². The third-order valence-electron chi connectivity index (χ3n) is 6.40. The van der Waals surface area contributed by atoms with E-state index in [1.807, 2.05) is 0 Å². The van der Waals surface area contributed by atoms with Crippen molar-refractivity contribution in [1.29, 1.82) is 0 Å².